The minimum atomic E-state index is -0.169. The number of hydrogen-bond donors (Lipinski definition) is 2. The Morgan fingerprint density at radius 1 is 1.20 bits per heavy atom. The molecule has 104 valence electrons. The largest absolute Gasteiger partial charge is 0.399 e. The molecule has 0 bridgehead atoms. The van der Waals surface area contributed by atoms with Gasteiger partial charge < -0.3 is 11.1 Å². The third-order valence-electron chi connectivity index (χ3n) is 2.92. The maximum Gasteiger partial charge on any atom is 0.237 e. The third kappa shape index (κ3) is 3.78. The molecule has 20 heavy (non-hydrogen) atoms. The van der Waals surface area contributed by atoms with E-state index in [0.29, 0.717) is 5.69 Å². The standard InChI is InChI=1S/C16H18N2OS/c1-11-6-3-4-9-15(11)20-12(2)16(19)18-14-8-5-7-13(17)10-14/h3-10,12H,17H2,1-2H3,(H,18,19). The van der Waals surface area contributed by atoms with Gasteiger partial charge in [0.2, 0.25) is 5.91 Å². The van der Waals surface area contributed by atoms with Crippen LogP contribution in [0.1, 0.15) is 12.5 Å². The summed E-state index contributed by atoms with van der Waals surface area (Å²) in [6.45, 7) is 3.95. The maximum absolute atomic E-state index is 12.2. The molecule has 0 aliphatic rings. The summed E-state index contributed by atoms with van der Waals surface area (Å²) in [6, 6.07) is 15.3. The van der Waals surface area contributed by atoms with E-state index < -0.39 is 0 Å². The van der Waals surface area contributed by atoms with Crippen molar-refractivity contribution >= 4 is 29.0 Å². The fourth-order valence-electron chi connectivity index (χ4n) is 1.79. The summed E-state index contributed by atoms with van der Waals surface area (Å²) in [4.78, 5) is 13.3. The van der Waals surface area contributed by atoms with Crippen LogP contribution in [0.15, 0.2) is 53.4 Å². The Balaban J connectivity index is 2.01. The molecule has 0 fully saturated rings. The summed E-state index contributed by atoms with van der Waals surface area (Å²) in [5.41, 5.74) is 8.25. The minimum Gasteiger partial charge on any atom is -0.399 e. The van der Waals surface area contributed by atoms with Gasteiger partial charge in [-0.15, -0.1) is 11.8 Å². The van der Waals surface area contributed by atoms with Crippen molar-refractivity contribution in [2.24, 2.45) is 0 Å². The highest BCUT2D eigenvalue weighted by molar-refractivity contribution is 8.00. The van der Waals surface area contributed by atoms with E-state index in [4.69, 9.17) is 5.73 Å². The van der Waals surface area contributed by atoms with Gasteiger partial charge in [0.05, 0.1) is 5.25 Å². The summed E-state index contributed by atoms with van der Waals surface area (Å²) in [5, 5.41) is 2.71. The zero-order chi connectivity index (χ0) is 14.5. The number of nitrogen functional groups attached to an aromatic ring is 1. The third-order valence-corrected chi connectivity index (χ3v) is 4.20. The van der Waals surface area contributed by atoms with E-state index in [9.17, 15) is 4.79 Å². The van der Waals surface area contributed by atoms with Gasteiger partial charge in [-0.1, -0.05) is 24.3 Å². The van der Waals surface area contributed by atoms with Crippen molar-refractivity contribution in [1.82, 2.24) is 0 Å². The molecule has 2 aromatic carbocycles. The number of aryl methyl sites for hydroxylation is 1. The normalized spacial score (nSPS) is 11.9. The van der Waals surface area contributed by atoms with Gasteiger partial charge in [-0.2, -0.15) is 0 Å². The van der Waals surface area contributed by atoms with Gasteiger partial charge in [-0.25, -0.2) is 0 Å². The molecular formula is C16H18N2OS. The summed E-state index contributed by atoms with van der Waals surface area (Å²) < 4.78 is 0. The van der Waals surface area contributed by atoms with E-state index in [0.717, 1.165) is 10.6 Å². The average molecular weight is 286 g/mol. The highest BCUT2D eigenvalue weighted by Gasteiger charge is 2.15. The Hall–Kier alpha value is -1.94. The summed E-state index contributed by atoms with van der Waals surface area (Å²) in [5.74, 6) is -0.0242. The predicted molar refractivity (Wildman–Crippen MR) is 86.0 cm³/mol. The van der Waals surface area contributed by atoms with E-state index in [1.807, 2.05) is 50.2 Å². The van der Waals surface area contributed by atoms with Crippen LogP contribution in [0.4, 0.5) is 11.4 Å². The second kappa shape index (κ2) is 6.48. The number of anilines is 2. The molecule has 0 aliphatic heterocycles. The second-order valence-corrected chi connectivity index (χ2v) is 6.02. The SMILES string of the molecule is Cc1ccccc1SC(C)C(=O)Nc1cccc(N)c1. The van der Waals surface area contributed by atoms with Crippen molar-refractivity contribution in [3.63, 3.8) is 0 Å². The van der Waals surface area contributed by atoms with E-state index >= 15 is 0 Å². The van der Waals surface area contributed by atoms with E-state index in [1.54, 1.807) is 23.9 Å². The molecule has 0 aliphatic carbocycles. The molecule has 3 N–H and O–H groups in total. The van der Waals surface area contributed by atoms with E-state index in [1.165, 1.54) is 5.56 Å². The lowest BCUT2D eigenvalue weighted by Gasteiger charge is -2.13. The molecule has 3 nitrogen and oxygen atoms in total. The molecule has 0 radical (unpaired) electrons. The van der Waals surface area contributed by atoms with Crippen LogP contribution in [0.5, 0.6) is 0 Å². The summed E-state index contributed by atoms with van der Waals surface area (Å²) in [7, 11) is 0. The molecule has 1 atom stereocenters. The molecule has 0 saturated carbocycles. The van der Waals surface area contributed by atoms with Crippen molar-refractivity contribution in [1.29, 1.82) is 0 Å². The van der Waals surface area contributed by atoms with Crippen LogP contribution in [0.3, 0.4) is 0 Å². The minimum absolute atomic E-state index is 0.0242. The van der Waals surface area contributed by atoms with Crippen molar-refractivity contribution in [2.75, 3.05) is 11.1 Å². The second-order valence-electron chi connectivity index (χ2n) is 4.64. The van der Waals surface area contributed by atoms with Gasteiger partial charge in [0, 0.05) is 16.3 Å². The first-order valence-corrected chi connectivity index (χ1v) is 7.33. The zero-order valence-corrected chi connectivity index (χ0v) is 12.4. The maximum atomic E-state index is 12.2. The van der Waals surface area contributed by atoms with Gasteiger partial charge in [0.1, 0.15) is 0 Å². The quantitative estimate of drug-likeness (QED) is 0.665. The Morgan fingerprint density at radius 3 is 2.65 bits per heavy atom. The highest BCUT2D eigenvalue weighted by atomic mass is 32.2. The topological polar surface area (TPSA) is 55.1 Å². The van der Waals surface area contributed by atoms with Crippen LogP contribution >= 0.6 is 11.8 Å². The fourth-order valence-corrected chi connectivity index (χ4v) is 2.75. The van der Waals surface area contributed by atoms with Crippen molar-refractivity contribution < 1.29 is 4.79 Å². The Kier molecular flexibility index (Phi) is 4.69. The van der Waals surface area contributed by atoms with Gasteiger partial charge in [-0.3, -0.25) is 4.79 Å². The van der Waals surface area contributed by atoms with Crippen LogP contribution in [-0.4, -0.2) is 11.2 Å². The first kappa shape index (κ1) is 14.5. The Bertz CT molecular complexity index is 613. The Labute approximate surface area is 123 Å². The molecule has 1 unspecified atom stereocenters. The summed E-state index contributed by atoms with van der Waals surface area (Å²) in [6.07, 6.45) is 0. The number of benzene rings is 2. The number of hydrogen-bond acceptors (Lipinski definition) is 3. The first-order valence-electron chi connectivity index (χ1n) is 6.45. The molecule has 4 heteroatoms. The monoisotopic (exact) mass is 286 g/mol. The highest BCUT2D eigenvalue weighted by Crippen LogP contribution is 2.27. The number of nitrogens with one attached hydrogen (secondary N) is 1. The molecular weight excluding hydrogens is 268 g/mol. The summed E-state index contributed by atoms with van der Waals surface area (Å²) >= 11 is 1.56. The number of thioether (sulfide) groups is 1. The number of rotatable bonds is 4. The zero-order valence-electron chi connectivity index (χ0n) is 11.6. The van der Waals surface area contributed by atoms with Crippen LogP contribution in [-0.2, 0) is 4.79 Å². The molecule has 1 amide bonds. The van der Waals surface area contributed by atoms with Crippen LogP contribution in [0.2, 0.25) is 0 Å². The number of carbonyl (C=O) groups excluding carboxylic acids is 1. The van der Waals surface area contributed by atoms with Crippen LogP contribution in [0, 0.1) is 6.92 Å². The number of nitrogens with two attached hydrogens (primary N) is 1. The molecule has 0 saturated heterocycles. The van der Waals surface area contributed by atoms with Crippen molar-refractivity contribution in [3.8, 4) is 0 Å². The number of carbonyl (C=O) groups is 1. The molecule has 2 rings (SSSR count). The van der Waals surface area contributed by atoms with Crippen molar-refractivity contribution in [3.05, 3.63) is 54.1 Å². The van der Waals surface area contributed by atoms with Crippen molar-refractivity contribution in [2.45, 2.75) is 24.0 Å². The molecule has 0 aromatic heterocycles. The van der Waals surface area contributed by atoms with Gasteiger partial charge in [-0.05, 0) is 43.7 Å². The smallest absolute Gasteiger partial charge is 0.237 e. The van der Waals surface area contributed by atoms with Crippen LogP contribution < -0.4 is 11.1 Å². The fraction of sp³-hybridized carbons (Fsp3) is 0.188. The lowest BCUT2D eigenvalue weighted by Crippen LogP contribution is -2.22. The number of amides is 1. The Morgan fingerprint density at radius 2 is 1.95 bits per heavy atom. The predicted octanol–water partition coefficient (Wildman–Crippen LogP) is 3.70. The van der Waals surface area contributed by atoms with E-state index in [-0.39, 0.29) is 11.2 Å². The van der Waals surface area contributed by atoms with Crippen LogP contribution in [0.25, 0.3) is 0 Å². The van der Waals surface area contributed by atoms with Gasteiger partial charge >= 0.3 is 0 Å². The van der Waals surface area contributed by atoms with Gasteiger partial charge in [0.25, 0.3) is 0 Å². The lowest BCUT2D eigenvalue weighted by atomic mass is 10.2. The molecule has 0 heterocycles. The average Bonchev–Trinajstić information content (AvgIpc) is 2.41. The molecule has 0 spiro atoms. The molecule has 2 aromatic rings. The first-order chi connectivity index (χ1) is 9.56. The van der Waals surface area contributed by atoms with E-state index in [2.05, 4.69) is 5.32 Å². The van der Waals surface area contributed by atoms with Gasteiger partial charge in [0.15, 0.2) is 0 Å². The lowest BCUT2D eigenvalue weighted by molar-refractivity contribution is -0.115.